The van der Waals surface area contributed by atoms with E-state index in [9.17, 15) is 39.3 Å². The summed E-state index contributed by atoms with van der Waals surface area (Å²) in [5.41, 5.74) is -7.39. The van der Waals surface area contributed by atoms with Crippen molar-refractivity contribution in [2.45, 2.75) is 140 Å². The molecule has 374 valence electrons. The molecular formula is C51H65N3O15. The van der Waals surface area contributed by atoms with Crippen molar-refractivity contribution in [3.8, 4) is 0 Å². The van der Waals surface area contributed by atoms with Gasteiger partial charge in [-0.15, -0.1) is 0 Å². The highest BCUT2D eigenvalue weighted by Gasteiger charge is 2.78. The lowest BCUT2D eigenvalue weighted by molar-refractivity contribution is -0.345. The predicted molar refractivity (Wildman–Crippen MR) is 244 cm³/mol. The molecule has 69 heavy (non-hydrogen) atoms. The van der Waals surface area contributed by atoms with Gasteiger partial charge in [-0.3, -0.25) is 9.59 Å². The topological polar surface area (TPSA) is 237 Å². The van der Waals surface area contributed by atoms with E-state index in [1.807, 2.05) is 6.92 Å². The zero-order valence-corrected chi connectivity index (χ0v) is 40.1. The van der Waals surface area contributed by atoms with Gasteiger partial charge in [0.25, 0.3) is 0 Å². The first-order chi connectivity index (χ1) is 32.8. The first-order valence-electron chi connectivity index (χ1n) is 24.1. The molecule has 8 rings (SSSR count). The van der Waals surface area contributed by atoms with Crippen LogP contribution in [-0.4, -0.2) is 154 Å². The van der Waals surface area contributed by atoms with E-state index in [1.54, 1.807) is 69.3 Å². The number of alkyl carbamates (subject to hydrolysis) is 1. The number of aliphatic hydroxyl groups is 3. The standard InChI is InChI=1S/C51H65N3O15/c1-7-53-22-24-54(25-23-53)47(62)67-40-37-29(2)34(66-45(60)39(57)38(31-16-10-8-11-17-31)52-46(61)65-33-20-14-15-21-33)27-51(63,48(37,4)5)43(68-44(59)32-18-12-9-13-19-32)41-49(6,42(40)58)35(56)26-36-50(41,28-64-36)69-30(3)55/h8-13,16-19,33-36,38-41,43,56-57,63H,7,14-15,20-28H2,1-6H3,(H,52,61)/t34-,35-,36+,38-,39+,40+,41-,43-,49+,50-,51+/m0/s1. The third-order valence-electron chi connectivity index (χ3n) is 16.0. The van der Waals surface area contributed by atoms with E-state index in [4.69, 9.17) is 28.4 Å². The molecule has 2 aliphatic heterocycles. The fraction of sp³-hybridized carbons (Fsp3) is 0.608. The number of Topliss-reactive ketones (excluding diaryl/α,β-unsaturated/α-hetero) is 1. The Morgan fingerprint density at radius 3 is 2.13 bits per heavy atom. The molecule has 0 spiro atoms. The fourth-order valence-corrected chi connectivity index (χ4v) is 11.9. The lowest BCUT2D eigenvalue weighted by Gasteiger charge is -2.67. The molecule has 2 heterocycles. The van der Waals surface area contributed by atoms with Crippen molar-refractivity contribution in [3.63, 3.8) is 0 Å². The average molecular weight is 960 g/mol. The molecule has 4 aliphatic carbocycles. The number of aliphatic hydroxyl groups excluding tert-OH is 2. The Labute approximate surface area is 401 Å². The van der Waals surface area contributed by atoms with Crippen LogP contribution in [0.3, 0.4) is 0 Å². The zero-order valence-electron chi connectivity index (χ0n) is 40.1. The van der Waals surface area contributed by atoms with E-state index >= 15 is 4.79 Å². The van der Waals surface area contributed by atoms with E-state index in [1.165, 1.54) is 30.9 Å². The second-order valence-corrected chi connectivity index (χ2v) is 20.2. The number of fused-ring (bicyclic) bond motifs is 5. The highest BCUT2D eigenvalue weighted by molar-refractivity contribution is 5.95. The lowest BCUT2D eigenvalue weighted by atomic mass is 9.44. The van der Waals surface area contributed by atoms with Gasteiger partial charge < -0.3 is 58.9 Å². The summed E-state index contributed by atoms with van der Waals surface area (Å²) in [7, 11) is 0. The van der Waals surface area contributed by atoms with Crippen molar-refractivity contribution in [1.82, 2.24) is 15.1 Å². The van der Waals surface area contributed by atoms with Crippen LogP contribution in [0.15, 0.2) is 71.8 Å². The molecule has 2 aromatic carbocycles. The molecule has 18 nitrogen and oxygen atoms in total. The summed E-state index contributed by atoms with van der Waals surface area (Å²) in [4.78, 5) is 89.6. The monoisotopic (exact) mass is 959 g/mol. The van der Waals surface area contributed by atoms with E-state index in [-0.39, 0.29) is 48.9 Å². The maximum Gasteiger partial charge on any atom is 0.410 e. The van der Waals surface area contributed by atoms with Gasteiger partial charge in [0, 0.05) is 51.4 Å². The Hall–Kier alpha value is -5.40. The summed E-state index contributed by atoms with van der Waals surface area (Å²) >= 11 is 0. The molecule has 2 amide bonds. The molecule has 18 heteroatoms. The number of benzene rings is 2. The van der Waals surface area contributed by atoms with Crippen LogP contribution in [0.1, 0.15) is 102 Å². The molecule has 0 aromatic heterocycles. The molecule has 6 aliphatic rings. The van der Waals surface area contributed by atoms with Gasteiger partial charge in [-0.2, -0.15) is 0 Å². The van der Waals surface area contributed by atoms with Gasteiger partial charge >= 0.3 is 30.1 Å². The van der Waals surface area contributed by atoms with E-state index in [0.29, 0.717) is 31.5 Å². The SMILES string of the molecule is CCN1CCN(C(=O)O[C@H]2C(=O)[C@@]3(C)[C@H]([C@H](OC(=O)c4ccccc4)[C@]4(O)C[C@H](OC(=O)[C@H](O)[C@@H](NC(=O)OC5CCCC5)c5ccccc5)C(C)=C2C4(C)C)[C@]2(OC(C)=O)CO[C@@H]2C[C@@H]3O)CC1. The second kappa shape index (κ2) is 19.4. The number of rotatable bonds is 11. The maximum absolute atomic E-state index is 16.0. The summed E-state index contributed by atoms with van der Waals surface area (Å²) < 4.78 is 36.8. The number of nitrogens with one attached hydrogen (secondary N) is 1. The first-order valence-corrected chi connectivity index (χ1v) is 24.1. The molecule has 0 unspecified atom stereocenters. The van der Waals surface area contributed by atoms with Crippen molar-refractivity contribution in [3.05, 3.63) is 82.9 Å². The van der Waals surface area contributed by atoms with Crippen LogP contribution in [-0.2, 0) is 42.8 Å². The number of likely N-dealkylation sites (N-methyl/N-ethyl adjacent to an activating group) is 1. The number of hydrogen-bond acceptors (Lipinski definition) is 16. The Balaban J connectivity index is 1.27. The number of hydrogen-bond donors (Lipinski definition) is 4. The number of carbonyl (C=O) groups excluding carboxylic acids is 6. The summed E-state index contributed by atoms with van der Waals surface area (Å²) in [5, 5.41) is 40.9. The van der Waals surface area contributed by atoms with Crippen LogP contribution < -0.4 is 5.32 Å². The largest absolute Gasteiger partial charge is 0.456 e. The number of piperazine rings is 1. The molecule has 11 atom stereocenters. The van der Waals surface area contributed by atoms with Crippen molar-refractivity contribution >= 4 is 35.9 Å². The van der Waals surface area contributed by atoms with Gasteiger partial charge in [-0.25, -0.2) is 19.2 Å². The van der Waals surface area contributed by atoms with Gasteiger partial charge in [0.1, 0.15) is 30.0 Å². The predicted octanol–water partition coefficient (Wildman–Crippen LogP) is 4.19. The van der Waals surface area contributed by atoms with Gasteiger partial charge in [-0.05, 0) is 74.9 Å². The van der Waals surface area contributed by atoms with Crippen LogP contribution in [0, 0.1) is 16.7 Å². The van der Waals surface area contributed by atoms with Gasteiger partial charge in [0.05, 0.1) is 35.6 Å². The Morgan fingerprint density at radius 2 is 1.54 bits per heavy atom. The third kappa shape index (κ3) is 8.91. The number of carbonyl (C=O) groups is 6. The van der Waals surface area contributed by atoms with Gasteiger partial charge in [-0.1, -0.05) is 69.3 Å². The third-order valence-corrected chi connectivity index (χ3v) is 16.0. The molecule has 4 N–H and O–H groups in total. The van der Waals surface area contributed by atoms with Crippen LogP contribution in [0.5, 0.6) is 0 Å². The van der Waals surface area contributed by atoms with E-state index < -0.39 is 113 Å². The average Bonchev–Trinajstić information content (AvgIpc) is 3.84. The van der Waals surface area contributed by atoms with E-state index in [2.05, 4.69) is 10.2 Å². The molecule has 2 bridgehead atoms. The Bertz CT molecular complexity index is 2310. The highest BCUT2D eigenvalue weighted by atomic mass is 16.6. The van der Waals surface area contributed by atoms with Crippen LogP contribution in [0.4, 0.5) is 9.59 Å². The molecule has 0 radical (unpaired) electrons. The van der Waals surface area contributed by atoms with E-state index in [0.717, 1.165) is 19.4 Å². The quantitative estimate of drug-likeness (QED) is 0.140. The number of esters is 3. The Kier molecular flexibility index (Phi) is 14.1. The van der Waals surface area contributed by atoms with Crippen molar-refractivity contribution < 1.29 is 72.5 Å². The smallest absolute Gasteiger partial charge is 0.410 e. The van der Waals surface area contributed by atoms with Gasteiger partial charge in [0.15, 0.2) is 23.6 Å². The van der Waals surface area contributed by atoms with Crippen molar-refractivity contribution in [2.75, 3.05) is 39.3 Å². The minimum absolute atomic E-state index is 0.00751. The van der Waals surface area contributed by atoms with Crippen molar-refractivity contribution in [2.24, 2.45) is 16.7 Å². The summed E-state index contributed by atoms with van der Waals surface area (Å²) in [5.74, 6) is -5.36. The molecule has 2 saturated heterocycles. The van der Waals surface area contributed by atoms with Crippen molar-refractivity contribution in [1.29, 1.82) is 0 Å². The lowest BCUT2D eigenvalue weighted by Crippen LogP contribution is -2.82. The highest BCUT2D eigenvalue weighted by Crippen LogP contribution is 2.64. The maximum atomic E-state index is 16.0. The number of ketones is 1. The minimum Gasteiger partial charge on any atom is -0.456 e. The molecular weight excluding hydrogens is 895 g/mol. The number of ether oxygens (including phenoxy) is 6. The van der Waals surface area contributed by atoms with Crippen LogP contribution >= 0.6 is 0 Å². The van der Waals surface area contributed by atoms with Crippen LogP contribution in [0.25, 0.3) is 0 Å². The number of amides is 2. The summed E-state index contributed by atoms with van der Waals surface area (Å²) in [6.45, 7) is 11.4. The Morgan fingerprint density at radius 1 is 0.899 bits per heavy atom. The summed E-state index contributed by atoms with van der Waals surface area (Å²) in [6, 6.07) is 14.8. The first kappa shape index (κ1) is 50.0. The minimum atomic E-state index is -2.42. The molecule has 3 saturated carbocycles. The normalized spacial score (nSPS) is 32.9. The summed E-state index contributed by atoms with van der Waals surface area (Å²) in [6.07, 6.45) is -9.57. The number of nitrogens with zero attached hydrogens (tertiary/aromatic N) is 2. The second-order valence-electron chi connectivity index (χ2n) is 20.2. The molecule has 5 fully saturated rings. The zero-order chi connectivity index (χ0) is 49.6. The van der Waals surface area contributed by atoms with Crippen LogP contribution in [0.2, 0.25) is 0 Å². The molecule has 2 aromatic rings. The van der Waals surface area contributed by atoms with Gasteiger partial charge in [0.2, 0.25) is 0 Å². The fourth-order valence-electron chi connectivity index (χ4n) is 11.9.